The first kappa shape index (κ1) is 15.5. The molecule has 108 valence electrons. The van der Waals surface area contributed by atoms with E-state index < -0.39 is 35.2 Å². The van der Waals surface area contributed by atoms with E-state index in [-0.39, 0.29) is 16.4 Å². The van der Waals surface area contributed by atoms with Crippen molar-refractivity contribution in [3.8, 4) is 0 Å². The maximum Gasteiger partial charge on any atom is 0.344 e. The third-order valence-corrected chi connectivity index (χ3v) is 3.07. The Bertz CT molecular complexity index is 555. The van der Waals surface area contributed by atoms with Crippen LogP contribution in [0.1, 0.15) is 22.6 Å². The molecule has 0 aliphatic heterocycles. The summed E-state index contributed by atoms with van der Waals surface area (Å²) < 4.78 is 0. The molecule has 0 unspecified atom stereocenters. The third-order valence-electron chi connectivity index (χ3n) is 2.12. The van der Waals surface area contributed by atoms with Crippen LogP contribution in [0.4, 0.5) is 5.00 Å². The summed E-state index contributed by atoms with van der Waals surface area (Å²) >= 11 is 0.496. The van der Waals surface area contributed by atoms with Crippen LogP contribution in [-0.4, -0.2) is 44.0 Å². The first-order valence-corrected chi connectivity index (χ1v) is 5.98. The summed E-state index contributed by atoms with van der Waals surface area (Å²) in [5.41, 5.74) is 0. The summed E-state index contributed by atoms with van der Waals surface area (Å²) in [5.74, 6) is -3.50. The number of nitrogens with one attached hydrogen (secondary N) is 1. The van der Waals surface area contributed by atoms with E-state index in [2.05, 4.69) is 10.3 Å². The van der Waals surface area contributed by atoms with Gasteiger partial charge in [-0.1, -0.05) is 0 Å². The molecule has 11 heteroatoms. The van der Waals surface area contributed by atoms with Gasteiger partial charge in [-0.3, -0.25) is 19.7 Å². The number of carboxylic acids is 2. The van der Waals surface area contributed by atoms with Gasteiger partial charge in [-0.15, -0.1) is 0 Å². The van der Waals surface area contributed by atoms with Gasteiger partial charge in [0.1, 0.15) is 12.2 Å². The first-order valence-electron chi connectivity index (χ1n) is 5.17. The lowest BCUT2D eigenvalue weighted by Gasteiger charge is -2.11. The number of rotatable bonds is 7. The quantitative estimate of drug-likeness (QED) is 0.472. The molecule has 0 saturated carbocycles. The van der Waals surface area contributed by atoms with E-state index in [0.717, 1.165) is 6.20 Å². The predicted molar refractivity (Wildman–Crippen MR) is 64.5 cm³/mol. The molecule has 1 heterocycles. The average Bonchev–Trinajstić information content (AvgIpc) is 2.83. The molecular formula is C9H9N3O7S. The zero-order valence-electron chi connectivity index (χ0n) is 9.81. The Labute approximate surface area is 115 Å². The minimum Gasteiger partial charge on any atom is -0.481 e. The lowest BCUT2D eigenvalue weighted by atomic mass is 10.1. The molecule has 1 amide bonds. The molecule has 0 fully saturated rings. The Kier molecular flexibility index (Phi) is 5.08. The highest BCUT2D eigenvalue weighted by atomic mass is 32.1. The van der Waals surface area contributed by atoms with Crippen LogP contribution in [0.2, 0.25) is 0 Å². The summed E-state index contributed by atoms with van der Waals surface area (Å²) in [6.45, 7) is 0. The maximum atomic E-state index is 11.6. The molecule has 0 aromatic carbocycles. The monoisotopic (exact) mass is 303 g/mol. The van der Waals surface area contributed by atoms with E-state index in [0.29, 0.717) is 11.3 Å². The molecule has 1 atom stereocenters. The number of hydrogen-bond acceptors (Lipinski definition) is 7. The summed E-state index contributed by atoms with van der Waals surface area (Å²) in [4.78, 5) is 46.1. The molecular weight excluding hydrogens is 294 g/mol. The zero-order valence-corrected chi connectivity index (χ0v) is 10.6. The van der Waals surface area contributed by atoms with Crippen molar-refractivity contribution in [1.82, 2.24) is 10.3 Å². The molecule has 1 aromatic heterocycles. The number of amides is 1. The number of aromatic nitrogens is 1. The van der Waals surface area contributed by atoms with E-state index in [1.54, 1.807) is 0 Å². The number of carbonyl (C=O) groups is 3. The number of carboxylic acid groups (broad SMARTS) is 2. The van der Waals surface area contributed by atoms with Gasteiger partial charge in [-0.25, -0.2) is 9.78 Å². The summed E-state index contributed by atoms with van der Waals surface area (Å²) in [5, 5.41) is 29.2. The van der Waals surface area contributed by atoms with Crippen LogP contribution in [0, 0.1) is 10.1 Å². The van der Waals surface area contributed by atoms with Crippen LogP contribution < -0.4 is 5.32 Å². The second kappa shape index (κ2) is 6.56. The predicted octanol–water partition coefficient (Wildman–Crippen LogP) is 0.0991. The molecule has 0 aliphatic rings. The molecule has 20 heavy (non-hydrogen) atoms. The Hall–Kier alpha value is -2.56. The van der Waals surface area contributed by atoms with E-state index in [9.17, 15) is 24.5 Å². The van der Waals surface area contributed by atoms with Crippen molar-refractivity contribution in [2.24, 2.45) is 0 Å². The van der Waals surface area contributed by atoms with Crippen molar-refractivity contribution in [1.29, 1.82) is 0 Å². The molecule has 3 N–H and O–H groups in total. The lowest BCUT2D eigenvalue weighted by Crippen LogP contribution is -2.41. The number of nitro groups is 1. The molecule has 0 saturated heterocycles. The van der Waals surface area contributed by atoms with Crippen molar-refractivity contribution in [3.63, 3.8) is 0 Å². The highest BCUT2D eigenvalue weighted by Gasteiger charge is 2.24. The van der Waals surface area contributed by atoms with Gasteiger partial charge in [-0.2, -0.15) is 0 Å². The van der Waals surface area contributed by atoms with Crippen molar-refractivity contribution in [3.05, 3.63) is 21.3 Å². The number of hydrogen-bond donors (Lipinski definition) is 3. The maximum absolute atomic E-state index is 11.6. The van der Waals surface area contributed by atoms with Gasteiger partial charge in [-0.05, 0) is 17.8 Å². The van der Waals surface area contributed by atoms with Crippen LogP contribution >= 0.6 is 11.3 Å². The molecule has 0 bridgehead atoms. The molecule has 0 radical (unpaired) electrons. The van der Waals surface area contributed by atoms with E-state index >= 15 is 0 Å². The van der Waals surface area contributed by atoms with Gasteiger partial charge in [0.2, 0.25) is 0 Å². The fraction of sp³-hybridized carbons (Fsp3) is 0.333. The van der Waals surface area contributed by atoms with Gasteiger partial charge < -0.3 is 15.5 Å². The number of thiazole rings is 1. The highest BCUT2D eigenvalue weighted by Crippen LogP contribution is 2.20. The Morgan fingerprint density at radius 2 is 2.10 bits per heavy atom. The largest absolute Gasteiger partial charge is 0.481 e. The molecule has 0 spiro atoms. The van der Waals surface area contributed by atoms with Crippen LogP contribution in [0.15, 0.2) is 6.20 Å². The number of aliphatic carboxylic acids is 2. The van der Waals surface area contributed by atoms with Crippen LogP contribution in [0.3, 0.4) is 0 Å². The number of nitrogens with zero attached hydrogens (tertiary/aromatic N) is 2. The SMILES string of the molecule is O=C(O)CC[C@@H](NC(=O)c1ncc([N+](=O)[O-])s1)C(=O)O. The highest BCUT2D eigenvalue weighted by molar-refractivity contribution is 7.16. The molecule has 10 nitrogen and oxygen atoms in total. The third kappa shape index (κ3) is 4.28. The summed E-state index contributed by atoms with van der Waals surface area (Å²) in [7, 11) is 0. The Morgan fingerprint density at radius 3 is 2.55 bits per heavy atom. The van der Waals surface area contributed by atoms with Gasteiger partial charge >= 0.3 is 16.9 Å². The van der Waals surface area contributed by atoms with Gasteiger partial charge in [0.25, 0.3) is 5.91 Å². The van der Waals surface area contributed by atoms with Crippen molar-refractivity contribution >= 4 is 34.2 Å². The van der Waals surface area contributed by atoms with Crippen molar-refractivity contribution in [2.75, 3.05) is 0 Å². The standard InChI is InChI=1S/C9H9N3O7S/c13-6(14)2-1-4(9(16)17)11-7(15)8-10-3-5(20-8)12(18)19/h3-4H,1-2H2,(H,11,15)(H,13,14)(H,16,17)/t4-/m1/s1. The topological polar surface area (TPSA) is 160 Å². The van der Waals surface area contributed by atoms with Crippen LogP contribution in [0.5, 0.6) is 0 Å². The number of carbonyl (C=O) groups excluding carboxylic acids is 1. The minimum atomic E-state index is -1.40. The minimum absolute atomic E-state index is 0.265. The normalized spacial score (nSPS) is 11.6. The van der Waals surface area contributed by atoms with Gasteiger partial charge in [0.05, 0.1) is 4.92 Å². The van der Waals surface area contributed by atoms with Crippen molar-refractivity contribution < 1.29 is 29.5 Å². The molecule has 1 aromatic rings. The zero-order chi connectivity index (χ0) is 15.3. The van der Waals surface area contributed by atoms with E-state index in [1.807, 2.05) is 0 Å². The fourth-order valence-electron chi connectivity index (χ4n) is 1.20. The second-order valence-electron chi connectivity index (χ2n) is 3.56. The first-order chi connectivity index (χ1) is 9.31. The van der Waals surface area contributed by atoms with E-state index in [1.165, 1.54) is 0 Å². The van der Waals surface area contributed by atoms with Crippen LogP contribution in [0.25, 0.3) is 0 Å². The second-order valence-corrected chi connectivity index (χ2v) is 4.57. The molecule has 0 aliphatic carbocycles. The lowest BCUT2D eigenvalue weighted by molar-refractivity contribution is -0.380. The smallest absolute Gasteiger partial charge is 0.344 e. The Balaban J connectivity index is 2.72. The summed E-state index contributed by atoms with van der Waals surface area (Å²) in [6, 6.07) is -1.40. The van der Waals surface area contributed by atoms with Gasteiger partial charge in [0.15, 0.2) is 5.01 Å². The summed E-state index contributed by atoms with van der Waals surface area (Å²) in [6.07, 6.45) is 0.145. The van der Waals surface area contributed by atoms with Crippen molar-refractivity contribution in [2.45, 2.75) is 18.9 Å². The fourth-order valence-corrected chi connectivity index (χ4v) is 1.84. The Morgan fingerprint density at radius 1 is 1.45 bits per heavy atom. The van der Waals surface area contributed by atoms with Gasteiger partial charge in [0, 0.05) is 6.42 Å². The van der Waals surface area contributed by atoms with E-state index in [4.69, 9.17) is 10.2 Å². The van der Waals surface area contributed by atoms with Crippen LogP contribution in [-0.2, 0) is 9.59 Å². The average molecular weight is 303 g/mol. The molecule has 1 rings (SSSR count).